The van der Waals surface area contributed by atoms with Crippen molar-refractivity contribution in [3.8, 4) is 0 Å². The molecule has 3 aliphatic rings. The van der Waals surface area contributed by atoms with Gasteiger partial charge in [0, 0.05) is 19.0 Å². The number of carbonyl (C=O) groups is 1. The van der Waals surface area contributed by atoms with Crippen molar-refractivity contribution in [2.75, 3.05) is 13.1 Å². The van der Waals surface area contributed by atoms with Gasteiger partial charge in [-0.15, -0.1) is 0 Å². The topological polar surface area (TPSA) is 40.5 Å². The van der Waals surface area contributed by atoms with Crippen LogP contribution >= 0.6 is 0 Å². The molecule has 4 atom stereocenters. The highest BCUT2D eigenvalue weighted by Gasteiger charge is 2.58. The standard InChI is InChI=1S/C17H21NO2/c1-17(20)8-9-18(10-17)16(19)15-13-7-6-11-4-2-3-5-12(11)14(13)15/h2-5,13-15,20H,6-10H2,1H3. The number of carbonyl (C=O) groups excluding carboxylic acids is 1. The zero-order chi connectivity index (χ0) is 13.9. The lowest BCUT2D eigenvalue weighted by molar-refractivity contribution is -0.132. The van der Waals surface area contributed by atoms with Gasteiger partial charge >= 0.3 is 0 Å². The maximum Gasteiger partial charge on any atom is 0.226 e. The summed E-state index contributed by atoms with van der Waals surface area (Å²) >= 11 is 0. The minimum Gasteiger partial charge on any atom is -0.388 e. The molecule has 1 saturated heterocycles. The first kappa shape index (κ1) is 12.4. The Morgan fingerprint density at radius 3 is 2.95 bits per heavy atom. The van der Waals surface area contributed by atoms with Gasteiger partial charge in [-0.25, -0.2) is 0 Å². The number of likely N-dealkylation sites (tertiary alicyclic amines) is 1. The van der Waals surface area contributed by atoms with Gasteiger partial charge in [-0.2, -0.15) is 0 Å². The number of hydrogen-bond acceptors (Lipinski definition) is 2. The van der Waals surface area contributed by atoms with Gasteiger partial charge in [-0.1, -0.05) is 24.3 Å². The van der Waals surface area contributed by atoms with Crippen LogP contribution in [0.15, 0.2) is 24.3 Å². The molecule has 1 aromatic carbocycles. The van der Waals surface area contributed by atoms with Crippen molar-refractivity contribution < 1.29 is 9.90 Å². The molecule has 0 aromatic heterocycles. The van der Waals surface area contributed by atoms with Gasteiger partial charge < -0.3 is 10.0 Å². The third-order valence-electron chi connectivity index (χ3n) is 5.38. The highest BCUT2D eigenvalue weighted by atomic mass is 16.3. The van der Waals surface area contributed by atoms with Crippen LogP contribution in [0.3, 0.4) is 0 Å². The SMILES string of the molecule is CC1(O)CCN(C(=O)C2C3CCc4ccccc4C32)C1. The Kier molecular flexibility index (Phi) is 2.53. The maximum absolute atomic E-state index is 12.7. The summed E-state index contributed by atoms with van der Waals surface area (Å²) in [5.41, 5.74) is 2.14. The van der Waals surface area contributed by atoms with Gasteiger partial charge in [-0.05, 0) is 49.1 Å². The zero-order valence-electron chi connectivity index (χ0n) is 11.9. The molecule has 4 rings (SSSR count). The van der Waals surface area contributed by atoms with Crippen molar-refractivity contribution in [3.63, 3.8) is 0 Å². The van der Waals surface area contributed by atoms with Crippen LogP contribution < -0.4 is 0 Å². The maximum atomic E-state index is 12.7. The summed E-state index contributed by atoms with van der Waals surface area (Å²) in [4.78, 5) is 14.6. The van der Waals surface area contributed by atoms with Gasteiger partial charge in [0.15, 0.2) is 0 Å². The van der Waals surface area contributed by atoms with E-state index < -0.39 is 5.60 Å². The fourth-order valence-corrected chi connectivity index (χ4v) is 4.25. The molecule has 4 unspecified atom stereocenters. The molecule has 3 nitrogen and oxygen atoms in total. The minimum atomic E-state index is -0.687. The quantitative estimate of drug-likeness (QED) is 0.848. The normalized spacial score (nSPS) is 38.3. The Labute approximate surface area is 119 Å². The van der Waals surface area contributed by atoms with Crippen LogP contribution in [0.25, 0.3) is 0 Å². The minimum absolute atomic E-state index is 0.174. The molecule has 1 N–H and O–H groups in total. The van der Waals surface area contributed by atoms with Crippen LogP contribution in [0, 0.1) is 11.8 Å². The predicted molar refractivity (Wildman–Crippen MR) is 76.3 cm³/mol. The second-order valence-electron chi connectivity index (χ2n) is 6.96. The molecule has 2 fully saturated rings. The van der Waals surface area contributed by atoms with E-state index in [-0.39, 0.29) is 11.8 Å². The molecule has 0 radical (unpaired) electrons. The van der Waals surface area contributed by atoms with Crippen LogP contribution in [0.2, 0.25) is 0 Å². The van der Waals surface area contributed by atoms with Gasteiger partial charge in [-0.3, -0.25) is 4.79 Å². The van der Waals surface area contributed by atoms with Crippen molar-refractivity contribution in [1.29, 1.82) is 0 Å². The summed E-state index contributed by atoms with van der Waals surface area (Å²) < 4.78 is 0. The molecule has 20 heavy (non-hydrogen) atoms. The van der Waals surface area contributed by atoms with E-state index in [1.54, 1.807) is 0 Å². The number of benzene rings is 1. The second-order valence-corrected chi connectivity index (χ2v) is 6.96. The van der Waals surface area contributed by atoms with E-state index in [1.807, 2.05) is 11.8 Å². The highest BCUT2D eigenvalue weighted by Crippen LogP contribution is 2.60. The fraction of sp³-hybridized carbons (Fsp3) is 0.588. The van der Waals surface area contributed by atoms with E-state index in [4.69, 9.17) is 0 Å². The van der Waals surface area contributed by atoms with Gasteiger partial charge in [0.05, 0.1) is 5.60 Å². The van der Waals surface area contributed by atoms with Gasteiger partial charge in [0.1, 0.15) is 0 Å². The van der Waals surface area contributed by atoms with E-state index in [0.717, 1.165) is 12.8 Å². The van der Waals surface area contributed by atoms with E-state index in [9.17, 15) is 9.90 Å². The van der Waals surface area contributed by atoms with Crippen molar-refractivity contribution >= 4 is 5.91 Å². The lowest BCUT2D eigenvalue weighted by Crippen LogP contribution is -2.35. The zero-order valence-corrected chi connectivity index (χ0v) is 11.9. The molecule has 1 amide bonds. The van der Waals surface area contributed by atoms with Crippen molar-refractivity contribution in [2.24, 2.45) is 11.8 Å². The predicted octanol–water partition coefficient (Wildman–Crippen LogP) is 1.95. The summed E-state index contributed by atoms with van der Waals surface area (Å²) in [7, 11) is 0. The summed E-state index contributed by atoms with van der Waals surface area (Å²) in [5.74, 6) is 1.43. The molecule has 106 valence electrons. The van der Waals surface area contributed by atoms with Crippen LogP contribution in [-0.4, -0.2) is 34.6 Å². The monoisotopic (exact) mass is 271 g/mol. The average Bonchev–Trinajstić information content (AvgIpc) is 3.07. The van der Waals surface area contributed by atoms with E-state index in [0.29, 0.717) is 31.3 Å². The Hall–Kier alpha value is -1.35. The number of β-amino-alcohol motifs (C(OH)–C–C–N with tert-alkyl or cyclic N) is 1. The Morgan fingerprint density at radius 1 is 1.40 bits per heavy atom. The van der Waals surface area contributed by atoms with Crippen LogP contribution in [-0.2, 0) is 11.2 Å². The molecule has 1 saturated carbocycles. The number of hydrogen-bond donors (Lipinski definition) is 1. The van der Waals surface area contributed by atoms with Crippen molar-refractivity contribution in [2.45, 2.75) is 37.7 Å². The van der Waals surface area contributed by atoms with Crippen LogP contribution in [0.5, 0.6) is 0 Å². The third-order valence-corrected chi connectivity index (χ3v) is 5.38. The summed E-state index contributed by atoms with van der Waals surface area (Å²) in [5, 5.41) is 10.0. The van der Waals surface area contributed by atoms with Crippen LogP contribution in [0.1, 0.15) is 36.8 Å². The molecule has 1 aromatic rings. The van der Waals surface area contributed by atoms with E-state index >= 15 is 0 Å². The molecule has 0 spiro atoms. The fourth-order valence-electron chi connectivity index (χ4n) is 4.25. The van der Waals surface area contributed by atoms with Crippen LogP contribution in [0.4, 0.5) is 0 Å². The lowest BCUT2D eigenvalue weighted by Gasteiger charge is -2.19. The summed E-state index contributed by atoms with van der Waals surface area (Å²) in [6.45, 7) is 3.04. The smallest absolute Gasteiger partial charge is 0.226 e. The molecule has 2 aliphatic carbocycles. The van der Waals surface area contributed by atoms with Crippen molar-refractivity contribution in [1.82, 2.24) is 4.90 Å². The number of aliphatic hydroxyl groups is 1. The average molecular weight is 271 g/mol. The van der Waals surface area contributed by atoms with E-state index in [2.05, 4.69) is 24.3 Å². The third kappa shape index (κ3) is 1.80. The summed E-state index contributed by atoms with van der Waals surface area (Å²) in [6.07, 6.45) is 2.96. The first-order valence-corrected chi connectivity index (χ1v) is 7.66. The Morgan fingerprint density at radius 2 is 2.20 bits per heavy atom. The number of nitrogens with zero attached hydrogens (tertiary/aromatic N) is 1. The molecule has 0 bridgehead atoms. The number of fused-ring (bicyclic) bond motifs is 3. The highest BCUT2D eigenvalue weighted by molar-refractivity contribution is 5.84. The Bertz CT molecular complexity index is 566. The molecule has 1 heterocycles. The molecular formula is C17H21NO2. The first-order valence-electron chi connectivity index (χ1n) is 7.66. The Balaban J connectivity index is 1.54. The van der Waals surface area contributed by atoms with Gasteiger partial charge in [0.25, 0.3) is 0 Å². The number of rotatable bonds is 1. The molecule has 1 aliphatic heterocycles. The summed E-state index contributed by atoms with van der Waals surface area (Å²) in [6, 6.07) is 8.57. The molecule has 3 heteroatoms. The largest absolute Gasteiger partial charge is 0.388 e. The second kappa shape index (κ2) is 4.08. The van der Waals surface area contributed by atoms with Gasteiger partial charge in [0.2, 0.25) is 5.91 Å². The molecular weight excluding hydrogens is 250 g/mol. The lowest BCUT2D eigenvalue weighted by atomic mass is 9.92. The van der Waals surface area contributed by atoms with Crippen molar-refractivity contribution in [3.05, 3.63) is 35.4 Å². The number of aryl methyl sites for hydroxylation is 1. The van der Waals surface area contributed by atoms with E-state index in [1.165, 1.54) is 11.1 Å². The number of amides is 1. The first-order chi connectivity index (χ1) is 9.57.